The van der Waals surface area contributed by atoms with E-state index in [2.05, 4.69) is 46.4 Å². The molecule has 1 rings (SSSR count). The first-order valence-corrected chi connectivity index (χ1v) is 7.14. The Kier molecular flexibility index (Phi) is 8.25. The topological polar surface area (TPSA) is 30.5 Å². The van der Waals surface area contributed by atoms with Crippen molar-refractivity contribution in [2.45, 2.75) is 26.5 Å². The summed E-state index contributed by atoms with van der Waals surface area (Å²) < 4.78 is 12.0. The van der Waals surface area contributed by atoms with Gasteiger partial charge < -0.3 is 14.8 Å². The molecule has 18 heavy (non-hydrogen) atoms. The van der Waals surface area contributed by atoms with Crippen molar-refractivity contribution in [2.24, 2.45) is 0 Å². The first kappa shape index (κ1) is 15.6. The van der Waals surface area contributed by atoms with Gasteiger partial charge in [-0.3, -0.25) is 0 Å². The van der Waals surface area contributed by atoms with Crippen LogP contribution in [0.1, 0.15) is 24.5 Å². The first-order valence-electron chi connectivity index (χ1n) is 6.35. The Morgan fingerprint density at radius 1 is 1.17 bits per heavy atom. The van der Waals surface area contributed by atoms with E-state index in [0.29, 0.717) is 19.8 Å². The molecule has 0 unspecified atom stereocenters. The van der Waals surface area contributed by atoms with E-state index in [0.717, 1.165) is 24.0 Å². The number of benzene rings is 1. The van der Waals surface area contributed by atoms with Crippen LogP contribution >= 0.6 is 15.9 Å². The third-order valence-electron chi connectivity index (χ3n) is 2.48. The smallest absolute Gasteiger partial charge is 0.0728 e. The molecule has 0 saturated heterocycles. The quantitative estimate of drug-likeness (QED) is 0.710. The maximum Gasteiger partial charge on any atom is 0.0728 e. The number of ether oxygens (including phenoxy) is 2. The third kappa shape index (κ3) is 5.96. The van der Waals surface area contributed by atoms with Gasteiger partial charge in [0, 0.05) is 17.6 Å². The molecule has 0 aliphatic carbocycles. The number of hydrogen-bond acceptors (Lipinski definition) is 3. The fourth-order valence-corrected chi connectivity index (χ4v) is 2.11. The maximum atomic E-state index is 5.58. The highest BCUT2D eigenvalue weighted by molar-refractivity contribution is 9.10. The van der Waals surface area contributed by atoms with Crippen LogP contribution in [0, 0.1) is 0 Å². The molecule has 0 aliphatic rings. The van der Waals surface area contributed by atoms with Crippen LogP contribution < -0.4 is 5.32 Å². The van der Waals surface area contributed by atoms with Gasteiger partial charge in [-0.1, -0.05) is 35.0 Å². The molecule has 0 saturated carbocycles. The molecule has 1 N–H and O–H groups in total. The molecule has 0 aromatic heterocycles. The summed E-state index contributed by atoms with van der Waals surface area (Å²) in [6, 6.07) is 6.35. The highest BCUT2D eigenvalue weighted by atomic mass is 79.9. The monoisotopic (exact) mass is 315 g/mol. The Morgan fingerprint density at radius 3 is 2.61 bits per heavy atom. The Balaban J connectivity index is 2.29. The Morgan fingerprint density at radius 2 is 1.94 bits per heavy atom. The van der Waals surface area contributed by atoms with Gasteiger partial charge in [-0.2, -0.15) is 0 Å². The van der Waals surface area contributed by atoms with Crippen LogP contribution in [0.15, 0.2) is 22.7 Å². The van der Waals surface area contributed by atoms with Crippen molar-refractivity contribution >= 4 is 15.9 Å². The zero-order valence-electron chi connectivity index (χ0n) is 11.2. The van der Waals surface area contributed by atoms with E-state index < -0.39 is 0 Å². The molecule has 102 valence electrons. The largest absolute Gasteiger partial charge is 0.379 e. The summed E-state index contributed by atoms with van der Waals surface area (Å²) in [5, 5.41) is 3.13. The molecule has 0 aliphatic heterocycles. The van der Waals surface area contributed by atoms with E-state index in [9.17, 15) is 0 Å². The van der Waals surface area contributed by atoms with Crippen molar-refractivity contribution in [1.29, 1.82) is 0 Å². The summed E-state index contributed by atoms with van der Waals surface area (Å²) in [5.74, 6) is 0. The van der Waals surface area contributed by atoms with Crippen LogP contribution in [0.5, 0.6) is 0 Å². The zero-order valence-corrected chi connectivity index (χ0v) is 12.8. The predicted molar refractivity (Wildman–Crippen MR) is 77.7 cm³/mol. The molecular formula is C14H22BrNO2. The molecule has 0 spiro atoms. The number of nitrogens with one attached hydrogen (secondary N) is 1. The van der Waals surface area contributed by atoms with Gasteiger partial charge in [-0.25, -0.2) is 0 Å². The van der Waals surface area contributed by atoms with Crippen LogP contribution in [0.3, 0.4) is 0 Å². The lowest BCUT2D eigenvalue weighted by molar-refractivity contribution is 0.0406. The molecular weight excluding hydrogens is 294 g/mol. The second-order valence-electron chi connectivity index (χ2n) is 4.12. The summed E-state index contributed by atoms with van der Waals surface area (Å²) in [7, 11) is 1.95. The summed E-state index contributed by atoms with van der Waals surface area (Å²) in [5.41, 5.74) is 2.43. The minimum atomic E-state index is 0.621. The van der Waals surface area contributed by atoms with Crippen molar-refractivity contribution in [3.05, 3.63) is 33.8 Å². The average molecular weight is 316 g/mol. The Bertz CT molecular complexity index is 345. The maximum absolute atomic E-state index is 5.58. The van der Waals surface area contributed by atoms with Gasteiger partial charge in [-0.05, 0) is 30.7 Å². The molecule has 0 bridgehead atoms. The minimum Gasteiger partial charge on any atom is -0.379 e. The van der Waals surface area contributed by atoms with E-state index in [1.165, 1.54) is 11.1 Å². The summed E-state index contributed by atoms with van der Waals surface area (Å²) in [4.78, 5) is 0. The number of hydrogen-bond donors (Lipinski definition) is 1. The molecule has 0 fully saturated rings. The second kappa shape index (κ2) is 9.50. The highest BCUT2D eigenvalue weighted by Gasteiger charge is 2.01. The summed E-state index contributed by atoms with van der Waals surface area (Å²) >= 11 is 3.57. The van der Waals surface area contributed by atoms with Crippen LogP contribution in [0.2, 0.25) is 0 Å². The minimum absolute atomic E-state index is 0.621. The Hall–Kier alpha value is -0.420. The molecule has 0 atom stereocenters. The van der Waals surface area contributed by atoms with Crippen molar-refractivity contribution < 1.29 is 9.47 Å². The van der Waals surface area contributed by atoms with Crippen molar-refractivity contribution in [3.8, 4) is 0 Å². The van der Waals surface area contributed by atoms with E-state index in [-0.39, 0.29) is 0 Å². The second-order valence-corrected chi connectivity index (χ2v) is 4.98. The molecule has 3 nitrogen and oxygen atoms in total. The van der Waals surface area contributed by atoms with Gasteiger partial charge in [0.05, 0.1) is 19.8 Å². The van der Waals surface area contributed by atoms with Gasteiger partial charge in [0.1, 0.15) is 0 Å². The molecule has 0 heterocycles. The van der Waals surface area contributed by atoms with E-state index in [1.807, 2.05) is 7.05 Å². The Labute approximate surface area is 118 Å². The predicted octanol–water partition coefficient (Wildman–Crippen LogP) is 3.11. The van der Waals surface area contributed by atoms with Crippen LogP contribution in [-0.4, -0.2) is 26.9 Å². The summed E-state index contributed by atoms with van der Waals surface area (Å²) in [6.45, 7) is 5.73. The van der Waals surface area contributed by atoms with E-state index >= 15 is 0 Å². The summed E-state index contributed by atoms with van der Waals surface area (Å²) in [6.07, 6.45) is 1.05. The normalized spacial score (nSPS) is 10.8. The molecule has 4 heteroatoms. The molecule has 0 radical (unpaired) electrons. The number of halogens is 1. The zero-order chi connectivity index (χ0) is 13.2. The van der Waals surface area contributed by atoms with Gasteiger partial charge in [0.2, 0.25) is 0 Å². The lowest BCUT2D eigenvalue weighted by Crippen LogP contribution is -2.06. The fraction of sp³-hybridized carbons (Fsp3) is 0.571. The van der Waals surface area contributed by atoms with Gasteiger partial charge in [0.15, 0.2) is 0 Å². The van der Waals surface area contributed by atoms with E-state index in [4.69, 9.17) is 9.47 Å². The SMILES string of the molecule is CCCOCCOCc1ccc(CNC)cc1Br. The van der Waals surface area contributed by atoms with Crippen molar-refractivity contribution in [2.75, 3.05) is 26.9 Å². The standard InChI is InChI=1S/C14H22BrNO2/c1-3-6-17-7-8-18-11-13-5-4-12(10-16-2)9-14(13)15/h4-5,9,16H,3,6-8,10-11H2,1-2H3. The third-order valence-corrected chi connectivity index (χ3v) is 3.21. The molecule has 0 amide bonds. The van der Waals surface area contributed by atoms with Crippen LogP contribution in [0.25, 0.3) is 0 Å². The van der Waals surface area contributed by atoms with Gasteiger partial charge >= 0.3 is 0 Å². The van der Waals surface area contributed by atoms with Crippen LogP contribution in [-0.2, 0) is 22.6 Å². The van der Waals surface area contributed by atoms with Crippen molar-refractivity contribution in [1.82, 2.24) is 5.32 Å². The van der Waals surface area contributed by atoms with Gasteiger partial charge in [0.25, 0.3) is 0 Å². The first-order chi connectivity index (χ1) is 8.77. The van der Waals surface area contributed by atoms with Crippen LogP contribution in [0.4, 0.5) is 0 Å². The number of rotatable bonds is 9. The average Bonchev–Trinajstić information content (AvgIpc) is 2.36. The van der Waals surface area contributed by atoms with E-state index in [1.54, 1.807) is 0 Å². The molecule has 1 aromatic rings. The molecule has 1 aromatic carbocycles. The van der Waals surface area contributed by atoms with Crippen molar-refractivity contribution in [3.63, 3.8) is 0 Å². The fourth-order valence-electron chi connectivity index (χ4n) is 1.57. The lowest BCUT2D eigenvalue weighted by Gasteiger charge is -2.08. The highest BCUT2D eigenvalue weighted by Crippen LogP contribution is 2.19. The van der Waals surface area contributed by atoms with Gasteiger partial charge in [-0.15, -0.1) is 0 Å². The lowest BCUT2D eigenvalue weighted by atomic mass is 10.1.